The molecule has 62 valence electrons. The van der Waals surface area contributed by atoms with Crippen molar-refractivity contribution in [2.24, 2.45) is 16.7 Å². The third-order valence-electron chi connectivity index (χ3n) is 1.61. The maximum atomic E-state index is 5.46. The SMILES string of the molecule is N/N=C(/N)SC1C=CCCC1. The van der Waals surface area contributed by atoms with Crippen molar-refractivity contribution in [3.8, 4) is 0 Å². The van der Waals surface area contributed by atoms with Gasteiger partial charge in [0.05, 0.1) is 0 Å². The number of amidine groups is 1. The summed E-state index contributed by atoms with van der Waals surface area (Å²) in [4.78, 5) is 0. The molecule has 0 spiro atoms. The monoisotopic (exact) mass is 171 g/mol. The van der Waals surface area contributed by atoms with E-state index in [4.69, 9.17) is 11.6 Å². The highest BCUT2D eigenvalue weighted by Gasteiger charge is 2.09. The van der Waals surface area contributed by atoms with Gasteiger partial charge in [-0.3, -0.25) is 0 Å². The van der Waals surface area contributed by atoms with Crippen molar-refractivity contribution >= 4 is 16.9 Å². The molecule has 0 aliphatic heterocycles. The van der Waals surface area contributed by atoms with Crippen LogP contribution in [-0.4, -0.2) is 10.4 Å². The van der Waals surface area contributed by atoms with Crippen LogP contribution in [0.1, 0.15) is 19.3 Å². The van der Waals surface area contributed by atoms with Crippen LogP contribution in [0.25, 0.3) is 0 Å². The number of hydrazone groups is 1. The van der Waals surface area contributed by atoms with Crippen LogP contribution in [0, 0.1) is 0 Å². The molecule has 4 heteroatoms. The van der Waals surface area contributed by atoms with Crippen LogP contribution in [0.2, 0.25) is 0 Å². The van der Waals surface area contributed by atoms with Crippen molar-refractivity contribution in [3.05, 3.63) is 12.2 Å². The number of hydrogen-bond acceptors (Lipinski definition) is 3. The van der Waals surface area contributed by atoms with Gasteiger partial charge in [-0.05, 0) is 19.3 Å². The number of rotatable bonds is 1. The van der Waals surface area contributed by atoms with Crippen LogP contribution in [0.15, 0.2) is 17.3 Å². The van der Waals surface area contributed by atoms with Crippen molar-refractivity contribution in [1.29, 1.82) is 0 Å². The summed E-state index contributed by atoms with van der Waals surface area (Å²) < 4.78 is 0. The Labute approximate surface area is 70.9 Å². The van der Waals surface area contributed by atoms with Gasteiger partial charge in [0.1, 0.15) is 0 Å². The molecular formula is C7H13N3S. The summed E-state index contributed by atoms with van der Waals surface area (Å²) in [5.74, 6) is 5.01. The largest absolute Gasteiger partial charge is 0.377 e. The molecule has 1 aliphatic rings. The quantitative estimate of drug-likeness (QED) is 0.203. The smallest absolute Gasteiger partial charge is 0.178 e. The molecule has 0 amide bonds. The zero-order valence-corrected chi connectivity index (χ0v) is 7.18. The maximum absolute atomic E-state index is 5.46. The van der Waals surface area contributed by atoms with Crippen molar-refractivity contribution in [2.45, 2.75) is 24.5 Å². The van der Waals surface area contributed by atoms with E-state index in [1.807, 2.05) is 0 Å². The number of hydrogen-bond donors (Lipinski definition) is 2. The Morgan fingerprint density at radius 3 is 3.00 bits per heavy atom. The first-order valence-electron chi connectivity index (χ1n) is 3.69. The Kier molecular flexibility index (Phi) is 3.29. The summed E-state index contributed by atoms with van der Waals surface area (Å²) in [7, 11) is 0. The summed E-state index contributed by atoms with van der Waals surface area (Å²) in [6, 6.07) is 0. The highest BCUT2D eigenvalue weighted by Crippen LogP contribution is 2.22. The normalized spacial score (nSPS) is 25.5. The van der Waals surface area contributed by atoms with Crippen molar-refractivity contribution in [1.82, 2.24) is 0 Å². The molecular weight excluding hydrogens is 158 g/mol. The third-order valence-corrected chi connectivity index (χ3v) is 2.65. The van der Waals surface area contributed by atoms with Crippen LogP contribution in [0.5, 0.6) is 0 Å². The van der Waals surface area contributed by atoms with Gasteiger partial charge in [0.25, 0.3) is 0 Å². The lowest BCUT2D eigenvalue weighted by Crippen LogP contribution is -2.15. The van der Waals surface area contributed by atoms with Crippen molar-refractivity contribution in [3.63, 3.8) is 0 Å². The van der Waals surface area contributed by atoms with Gasteiger partial charge in [0.15, 0.2) is 5.17 Å². The number of thioether (sulfide) groups is 1. The average molecular weight is 171 g/mol. The summed E-state index contributed by atoms with van der Waals surface area (Å²) in [5, 5.41) is 4.36. The van der Waals surface area contributed by atoms with E-state index < -0.39 is 0 Å². The Morgan fingerprint density at radius 1 is 1.64 bits per heavy atom. The van der Waals surface area contributed by atoms with E-state index in [0.717, 1.165) is 0 Å². The fourth-order valence-corrected chi connectivity index (χ4v) is 1.91. The van der Waals surface area contributed by atoms with Gasteiger partial charge in [0.2, 0.25) is 0 Å². The van der Waals surface area contributed by atoms with Gasteiger partial charge in [-0.15, -0.1) is 0 Å². The molecule has 0 aromatic heterocycles. The molecule has 0 aromatic carbocycles. The Hall–Kier alpha value is -0.640. The lowest BCUT2D eigenvalue weighted by molar-refractivity contribution is 0.742. The van der Waals surface area contributed by atoms with E-state index in [1.165, 1.54) is 31.0 Å². The Bertz CT molecular complexity index is 177. The van der Waals surface area contributed by atoms with E-state index in [9.17, 15) is 0 Å². The van der Waals surface area contributed by atoms with Gasteiger partial charge >= 0.3 is 0 Å². The van der Waals surface area contributed by atoms with E-state index in [-0.39, 0.29) is 0 Å². The molecule has 0 saturated carbocycles. The van der Waals surface area contributed by atoms with Crippen LogP contribution in [0.4, 0.5) is 0 Å². The lowest BCUT2D eigenvalue weighted by atomic mass is 10.1. The molecule has 3 nitrogen and oxygen atoms in total. The molecule has 4 N–H and O–H groups in total. The first kappa shape index (κ1) is 8.46. The molecule has 0 saturated heterocycles. The van der Waals surface area contributed by atoms with Crippen LogP contribution in [0.3, 0.4) is 0 Å². The summed E-state index contributed by atoms with van der Waals surface area (Å²) >= 11 is 1.54. The number of nitrogens with zero attached hydrogens (tertiary/aromatic N) is 1. The number of nitrogens with two attached hydrogens (primary N) is 2. The van der Waals surface area contributed by atoms with Gasteiger partial charge in [-0.25, -0.2) is 0 Å². The molecule has 11 heavy (non-hydrogen) atoms. The molecule has 1 atom stereocenters. The molecule has 0 radical (unpaired) electrons. The van der Waals surface area contributed by atoms with Crippen molar-refractivity contribution < 1.29 is 0 Å². The molecule has 1 rings (SSSR count). The second-order valence-corrected chi connectivity index (χ2v) is 3.74. The first-order chi connectivity index (χ1) is 5.33. The van der Waals surface area contributed by atoms with E-state index in [0.29, 0.717) is 10.4 Å². The lowest BCUT2D eigenvalue weighted by Gasteiger charge is -2.14. The predicted molar refractivity (Wildman–Crippen MR) is 50.2 cm³/mol. The topological polar surface area (TPSA) is 64.4 Å². The fraction of sp³-hybridized carbons (Fsp3) is 0.571. The predicted octanol–water partition coefficient (Wildman–Crippen LogP) is 1.02. The zero-order valence-electron chi connectivity index (χ0n) is 6.36. The molecule has 0 bridgehead atoms. The second kappa shape index (κ2) is 4.28. The van der Waals surface area contributed by atoms with Gasteiger partial charge < -0.3 is 11.6 Å². The standard InChI is InChI=1S/C7H13N3S/c8-7(10-9)11-6-4-2-1-3-5-6/h2,4,6H,1,3,5,9H2,(H2,8,10). The molecule has 1 aliphatic carbocycles. The van der Waals surface area contributed by atoms with Crippen LogP contribution in [-0.2, 0) is 0 Å². The van der Waals surface area contributed by atoms with E-state index >= 15 is 0 Å². The molecule has 0 heterocycles. The minimum absolute atomic E-state index is 0.474. The third kappa shape index (κ3) is 2.84. The first-order valence-corrected chi connectivity index (χ1v) is 4.57. The summed E-state index contributed by atoms with van der Waals surface area (Å²) in [6.07, 6.45) is 7.97. The Balaban J connectivity index is 2.36. The highest BCUT2D eigenvalue weighted by molar-refractivity contribution is 8.14. The van der Waals surface area contributed by atoms with E-state index in [2.05, 4.69) is 17.3 Å². The summed E-state index contributed by atoms with van der Waals surface area (Å²) in [6.45, 7) is 0. The Morgan fingerprint density at radius 2 is 2.45 bits per heavy atom. The maximum Gasteiger partial charge on any atom is 0.178 e. The van der Waals surface area contributed by atoms with Gasteiger partial charge in [0, 0.05) is 5.25 Å². The van der Waals surface area contributed by atoms with Crippen LogP contribution >= 0.6 is 11.8 Å². The summed E-state index contributed by atoms with van der Waals surface area (Å²) in [5.41, 5.74) is 5.46. The highest BCUT2D eigenvalue weighted by atomic mass is 32.2. The van der Waals surface area contributed by atoms with E-state index in [1.54, 1.807) is 0 Å². The molecule has 1 unspecified atom stereocenters. The fourth-order valence-electron chi connectivity index (χ4n) is 1.06. The second-order valence-electron chi connectivity index (χ2n) is 2.48. The minimum Gasteiger partial charge on any atom is -0.377 e. The van der Waals surface area contributed by atoms with Crippen LogP contribution < -0.4 is 11.6 Å². The minimum atomic E-state index is 0.474. The molecule has 0 aromatic rings. The van der Waals surface area contributed by atoms with Crippen molar-refractivity contribution in [2.75, 3.05) is 0 Å². The van der Waals surface area contributed by atoms with Gasteiger partial charge in [-0.2, -0.15) is 5.10 Å². The van der Waals surface area contributed by atoms with Gasteiger partial charge in [-0.1, -0.05) is 23.9 Å². The average Bonchev–Trinajstić information content (AvgIpc) is 2.06. The molecule has 0 fully saturated rings. The number of allylic oxidation sites excluding steroid dienone is 1. The zero-order chi connectivity index (χ0) is 8.10.